The lowest BCUT2D eigenvalue weighted by molar-refractivity contribution is 0.0931. The van der Waals surface area contributed by atoms with Gasteiger partial charge in [-0.15, -0.1) is 0 Å². The van der Waals surface area contributed by atoms with Crippen molar-refractivity contribution in [1.82, 2.24) is 18.6 Å². The lowest BCUT2D eigenvalue weighted by Gasteiger charge is -2.32. The third-order valence-corrected chi connectivity index (χ3v) is 5.00. The molecule has 1 amide bonds. The highest BCUT2D eigenvalue weighted by Gasteiger charge is 2.22. The van der Waals surface area contributed by atoms with E-state index in [1.165, 1.54) is 11.7 Å². The maximum absolute atomic E-state index is 12.5. The molecule has 0 spiro atoms. The van der Waals surface area contributed by atoms with Crippen molar-refractivity contribution in [3.05, 3.63) is 60.6 Å². The van der Waals surface area contributed by atoms with E-state index in [-0.39, 0.29) is 11.9 Å². The van der Waals surface area contributed by atoms with Gasteiger partial charge in [0.25, 0.3) is 5.91 Å². The largest absolute Gasteiger partial charge is 0.354 e. The Bertz CT molecular complexity index is 806. The minimum Gasteiger partial charge on any atom is -0.354 e. The lowest BCUT2D eigenvalue weighted by atomic mass is 10.0. The molecule has 25 heavy (non-hydrogen) atoms. The second-order valence-corrected chi connectivity index (χ2v) is 6.69. The Morgan fingerprint density at radius 2 is 1.84 bits per heavy atom. The van der Waals surface area contributed by atoms with E-state index in [9.17, 15) is 4.79 Å². The Morgan fingerprint density at radius 1 is 1.12 bits per heavy atom. The maximum atomic E-state index is 12.5. The molecular weight excluding hydrogens is 334 g/mol. The van der Waals surface area contributed by atoms with E-state index in [1.807, 2.05) is 53.4 Å². The molecule has 7 heteroatoms. The second-order valence-electron chi connectivity index (χ2n) is 6.14. The number of nitrogens with one attached hydrogen (secondary N) is 1. The van der Waals surface area contributed by atoms with Crippen LogP contribution < -0.4 is 10.2 Å². The summed E-state index contributed by atoms with van der Waals surface area (Å²) in [5, 5.41) is 3.15. The predicted molar refractivity (Wildman–Crippen MR) is 98.4 cm³/mol. The van der Waals surface area contributed by atoms with E-state index < -0.39 is 0 Å². The number of carbonyl (C=O) groups excluding carboxylic acids is 1. The first kappa shape index (κ1) is 15.8. The molecule has 0 atom stereocenters. The summed E-state index contributed by atoms with van der Waals surface area (Å²) >= 11 is 1.23. The number of hydrogen-bond donors (Lipinski definition) is 1. The minimum absolute atomic E-state index is 0.00664. The van der Waals surface area contributed by atoms with Crippen LogP contribution in [-0.2, 0) is 0 Å². The highest BCUT2D eigenvalue weighted by atomic mass is 32.1. The van der Waals surface area contributed by atoms with Crippen LogP contribution in [0, 0.1) is 0 Å². The normalized spacial score (nSPS) is 15.3. The summed E-state index contributed by atoms with van der Waals surface area (Å²) in [6, 6.07) is 11.9. The Hall–Kier alpha value is -2.67. The molecule has 6 nitrogen and oxygen atoms in total. The minimum atomic E-state index is -0.00664. The Morgan fingerprint density at radius 3 is 2.48 bits per heavy atom. The Labute approximate surface area is 150 Å². The molecule has 1 N–H and O–H groups in total. The van der Waals surface area contributed by atoms with Crippen molar-refractivity contribution in [3.63, 3.8) is 0 Å². The average molecular weight is 353 g/mol. The SMILES string of the molecule is O=C(NC1CCN(c2cnsn2)CC1)c1ccc(-n2cccc2)cc1. The standard InChI is InChI=1S/C18H19N5OS/c24-18(14-3-5-16(6-4-14)22-9-1-2-10-22)20-15-7-11-23(12-8-15)17-13-19-25-21-17/h1-6,9-10,13,15H,7-8,11-12H2,(H,20,24). The van der Waals surface area contributed by atoms with Crippen LogP contribution in [0.5, 0.6) is 0 Å². The summed E-state index contributed by atoms with van der Waals surface area (Å²) in [5.41, 5.74) is 1.74. The molecule has 0 saturated carbocycles. The van der Waals surface area contributed by atoms with E-state index in [2.05, 4.69) is 19.0 Å². The van der Waals surface area contributed by atoms with Gasteiger partial charge in [0.2, 0.25) is 0 Å². The molecule has 2 aromatic heterocycles. The monoisotopic (exact) mass is 353 g/mol. The third kappa shape index (κ3) is 3.56. The van der Waals surface area contributed by atoms with E-state index in [4.69, 9.17) is 0 Å². The molecular formula is C18H19N5OS. The van der Waals surface area contributed by atoms with Crippen LogP contribution in [0.2, 0.25) is 0 Å². The maximum Gasteiger partial charge on any atom is 0.251 e. The van der Waals surface area contributed by atoms with E-state index in [0.29, 0.717) is 5.56 Å². The molecule has 128 valence electrons. The van der Waals surface area contributed by atoms with Gasteiger partial charge >= 0.3 is 0 Å². The van der Waals surface area contributed by atoms with Crippen LogP contribution >= 0.6 is 11.7 Å². The third-order valence-electron chi connectivity index (χ3n) is 4.54. The van der Waals surface area contributed by atoms with Crippen molar-refractivity contribution in [2.24, 2.45) is 0 Å². The first-order valence-electron chi connectivity index (χ1n) is 8.36. The summed E-state index contributed by atoms with van der Waals surface area (Å²) in [7, 11) is 0. The van der Waals surface area contributed by atoms with Crippen molar-refractivity contribution in [3.8, 4) is 5.69 Å². The summed E-state index contributed by atoms with van der Waals surface area (Å²) in [6.45, 7) is 1.78. The highest BCUT2D eigenvalue weighted by Crippen LogP contribution is 2.18. The van der Waals surface area contributed by atoms with Gasteiger partial charge in [0.15, 0.2) is 5.82 Å². The molecule has 0 radical (unpaired) electrons. The number of nitrogens with zero attached hydrogens (tertiary/aromatic N) is 4. The first-order valence-corrected chi connectivity index (χ1v) is 9.09. The molecule has 1 aliphatic rings. The van der Waals surface area contributed by atoms with Crippen molar-refractivity contribution >= 4 is 23.5 Å². The zero-order valence-electron chi connectivity index (χ0n) is 13.7. The van der Waals surface area contributed by atoms with Gasteiger partial charge in [-0.2, -0.15) is 8.75 Å². The first-order chi connectivity index (χ1) is 12.3. The zero-order chi connectivity index (χ0) is 17.1. The molecule has 0 bridgehead atoms. The molecule has 0 unspecified atom stereocenters. The van der Waals surface area contributed by atoms with E-state index in [0.717, 1.165) is 37.4 Å². The summed E-state index contributed by atoms with van der Waals surface area (Å²) < 4.78 is 10.3. The average Bonchev–Trinajstić information content (AvgIpc) is 3.36. The topological polar surface area (TPSA) is 63.1 Å². The molecule has 1 aromatic carbocycles. The zero-order valence-corrected chi connectivity index (χ0v) is 14.5. The van der Waals surface area contributed by atoms with Crippen molar-refractivity contribution in [1.29, 1.82) is 0 Å². The van der Waals surface area contributed by atoms with Crippen LogP contribution in [0.4, 0.5) is 5.82 Å². The number of benzene rings is 1. The van der Waals surface area contributed by atoms with Crippen LogP contribution in [0.3, 0.4) is 0 Å². The van der Waals surface area contributed by atoms with Crippen LogP contribution in [0.1, 0.15) is 23.2 Å². The number of rotatable bonds is 4. The smallest absolute Gasteiger partial charge is 0.251 e. The molecule has 3 heterocycles. The fraction of sp³-hybridized carbons (Fsp3) is 0.278. The number of hydrogen-bond acceptors (Lipinski definition) is 5. The fourth-order valence-electron chi connectivity index (χ4n) is 3.11. The number of amides is 1. The van der Waals surface area contributed by atoms with E-state index >= 15 is 0 Å². The van der Waals surface area contributed by atoms with Crippen molar-refractivity contribution in [2.45, 2.75) is 18.9 Å². The number of aromatic nitrogens is 3. The number of anilines is 1. The van der Waals surface area contributed by atoms with Crippen LogP contribution in [-0.4, -0.2) is 38.4 Å². The van der Waals surface area contributed by atoms with Gasteiger partial charge < -0.3 is 14.8 Å². The molecule has 4 rings (SSSR count). The molecule has 0 aliphatic carbocycles. The van der Waals surface area contributed by atoms with Gasteiger partial charge in [-0.05, 0) is 49.2 Å². The summed E-state index contributed by atoms with van der Waals surface area (Å²) in [6.07, 6.45) is 7.62. The van der Waals surface area contributed by atoms with Gasteiger partial charge in [-0.25, -0.2) is 0 Å². The lowest BCUT2D eigenvalue weighted by Crippen LogP contribution is -2.44. The molecule has 1 saturated heterocycles. The summed E-state index contributed by atoms with van der Waals surface area (Å²) in [5.74, 6) is 0.934. The molecule has 1 fully saturated rings. The van der Waals surface area contributed by atoms with Crippen molar-refractivity contribution in [2.75, 3.05) is 18.0 Å². The summed E-state index contributed by atoms with van der Waals surface area (Å²) in [4.78, 5) is 14.7. The van der Waals surface area contributed by atoms with Gasteiger partial charge in [0, 0.05) is 42.8 Å². The van der Waals surface area contributed by atoms with Gasteiger partial charge in [0.05, 0.1) is 17.9 Å². The predicted octanol–water partition coefficient (Wildman–Crippen LogP) is 2.73. The highest BCUT2D eigenvalue weighted by molar-refractivity contribution is 6.99. The van der Waals surface area contributed by atoms with Crippen LogP contribution in [0.25, 0.3) is 5.69 Å². The second kappa shape index (κ2) is 7.06. The number of carbonyl (C=O) groups is 1. The van der Waals surface area contributed by atoms with Gasteiger partial charge in [-0.1, -0.05) is 0 Å². The molecule has 1 aliphatic heterocycles. The van der Waals surface area contributed by atoms with Gasteiger partial charge in [-0.3, -0.25) is 4.79 Å². The van der Waals surface area contributed by atoms with E-state index in [1.54, 1.807) is 6.20 Å². The Kier molecular flexibility index (Phi) is 4.47. The molecule has 3 aromatic rings. The fourth-order valence-corrected chi connectivity index (χ4v) is 3.55. The number of piperidine rings is 1. The van der Waals surface area contributed by atoms with Crippen LogP contribution in [0.15, 0.2) is 55.0 Å². The quantitative estimate of drug-likeness (QED) is 0.783. The van der Waals surface area contributed by atoms with Crippen molar-refractivity contribution < 1.29 is 4.79 Å². The Balaban J connectivity index is 1.33. The van der Waals surface area contributed by atoms with Gasteiger partial charge in [0.1, 0.15) is 0 Å².